The van der Waals surface area contributed by atoms with E-state index in [4.69, 9.17) is 0 Å². The summed E-state index contributed by atoms with van der Waals surface area (Å²) in [5.41, 5.74) is 0.362. The number of aliphatic hydroxyl groups is 1. The minimum absolute atomic E-state index is 0.399. The Kier molecular flexibility index (Phi) is 4.33. The second-order valence-electron chi connectivity index (χ2n) is 7.62. The number of hydrogen-bond acceptors (Lipinski definition) is 5. The number of imidazole rings is 1. The number of hydrogen-bond donors (Lipinski definition) is 1. The van der Waals surface area contributed by atoms with Crippen LogP contribution in [0.4, 0.5) is 0 Å². The Morgan fingerprint density at radius 3 is 2.40 bits per heavy atom. The molecule has 2 aromatic heterocycles. The van der Waals surface area contributed by atoms with Gasteiger partial charge in [0.1, 0.15) is 17.2 Å². The Bertz CT molecular complexity index is 712. The first-order chi connectivity index (χ1) is 12.1. The molecule has 4 rings (SSSR count). The second kappa shape index (κ2) is 6.50. The first-order valence-corrected chi connectivity index (χ1v) is 9.35. The van der Waals surface area contributed by atoms with Gasteiger partial charge in [-0.25, -0.2) is 15.0 Å². The van der Waals surface area contributed by atoms with E-state index in [1.54, 1.807) is 6.20 Å². The van der Waals surface area contributed by atoms with Crippen LogP contribution >= 0.6 is 0 Å². The number of piperidine rings is 1. The molecule has 2 aliphatic rings. The summed E-state index contributed by atoms with van der Waals surface area (Å²) in [5.74, 6) is 1.73. The third-order valence-corrected chi connectivity index (χ3v) is 5.75. The SMILES string of the molecule is CCCc1ncc(CN2[C@@H]3CC[C@H]2CC(O)(c2nccn2C)C3)cn1. The molecule has 134 valence electrons. The van der Waals surface area contributed by atoms with Crippen LogP contribution in [0.1, 0.15) is 56.2 Å². The molecule has 2 aliphatic heterocycles. The lowest BCUT2D eigenvalue weighted by Gasteiger charge is -2.43. The predicted octanol–water partition coefficient (Wildman–Crippen LogP) is 2.18. The summed E-state index contributed by atoms with van der Waals surface area (Å²) in [6, 6.07) is 0.798. The fraction of sp³-hybridized carbons (Fsp3) is 0.632. The molecular weight excluding hydrogens is 314 g/mol. The maximum atomic E-state index is 11.2. The molecule has 0 spiro atoms. The van der Waals surface area contributed by atoms with E-state index in [1.165, 1.54) is 5.56 Å². The predicted molar refractivity (Wildman–Crippen MR) is 94.7 cm³/mol. The summed E-state index contributed by atoms with van der Waals surface area (Å²) in [5, 5.41) is 11.2. The van der Waals surface area contributed by atoms with Crippen molar-refractivity contribution in [2.24, 2.45) is 7.05 Å². The third kappa shape index (κ3) is 3.09. The average Bonchev–Trinajstić information content (AvgIpc) is 3.13. The monoisotopic (exact) mass is 341 g/mol. The van der Waals surface area contributed by atoms with Gasteiger partial charge >= 0.3 is 0 Å². The zero-order valence-corrected chi connectivity index (χ0v) is 15.1. The van der Waals surface area contributed by atoms with E-state index < -0.39 is 5.60 Å². The standard InChI is InChI=1S/C19H27N5O/c1-3-4-17-21-11-14(12-22-17)13-24-15-5-6-16(24)10-19(25,9-15)18-20-7-8-23(18)2/h7-8,11-12,15-16,25H,3-6,9-10,13H2,1-2H3/t15-,16+,19?. The normalized spacial score (nSPS) is 29.2. The highest BCUT2D eigenvalue weighted by Crippen LogP contribution is 2.45. The van der Waals surface area contributed by atoms with E-state index >= 15 is 0 Å². The van der Waals surface area contributed by atoms with E-state index in [0.717, 1.165) is 56.7 Å². The topological polar surface area (TPSA) is 67.1 Å². The molecule has 2 bridgehead atoms. The lowest BCUT2D eigenvalue weighted by atomic mass is 9.85. The molecule has 2 saturated heterocycles. The lowest BCUT2D eigenvalue weighted by molar-refractivity contribution is -0.0669. The van der Waals surface area contributed by atoms with Crippen molar-refractivity contribution in [1.29, 1.82) is 0 Å². The van der Waals surface area contributed by atoms with Crippen LogP contribution in [0.5, 0.6) is 0 Å². The van der Waals surface area contributed by atoms with Crippen LogP contribution in [0.25, 0.3) is 0 Å². The molecule has 1 N–H and O–H groups in total. The van der Waals surface area contributed by atoms with Gasteiger partial charge in [-0.05, 0) is 32.1 Å². The van der Waals surface area contributed by atoms with E-state index in [9.17, 15) is 5.11 Å². The fourth-order valence-corrected chi connectivity index (χ4v) is 4.60. The summed E-state index contributed by atoms with van der Waals surface area (Å²) in [4.78, 5) is 15.9. The summed E-state index contributed by atoms with van der Waals surface area (Å²) in [7, 11) is 1.96. The van der Waals surface area contributed by atoms with Crippen molar-refractivity contribution in [1.82, 2.24) is 24.4 Å². The third-order valence-electron chi connectivity index (χ3n) is 5.75. The van der Waals surface area contributed by atoms with Gasteiger partial charge in [-0.15, -0.1) is 0 Å². The molecule has 6 nitrogen and oxygen atoms in total. The number of fused-ring (bicyclic) bond motifs is 2. The summed E-state index contributed by atoms with van der Waals surface area (Å²) >= 11 is 0. The molecule has 25 heavy (non-hydrogen) atoms. The van der Waals surface area contributed by atoms with Gasteiger partial charge in [0.25, 0.3) is 0 Å². The molecule has 2 aromatic rings. The highest BCUT2D eigenvalue weighted by Gasteiger charge is 2.49. The maximum Gasteiger partial charge on any atom is 0.140 e. The van der Waals surface area contributed by atoms with Crippen LogP contribution in [0.15, 0.2) is 24.8 Å². The molecule has 1 unspecified atom stereocenters. The fourth-order valence-electron chi connectivity index (χ4n) is 4.60. The van der Waals surface area contributed by atoms with Crippen molar-refractivity contribution in [3.63, 3.8) is 0 Å². The Hall–Kier alpha value is -1.79. The minimum Gasteiger partial charge on any atom is -0.382 e. The largest absolute Gasteiger partial charge is 0.382 e. The minimum atomic E-state index is -0.804. The van der Waals surface area contributed by atoms with E-state index in [0.29, 0.717) is 12.1 Å². The molecule has 0 saturated carbocycles. The molecule has 4 heterocycles. The van der Waals surface area contributed by atoms with Crippen molar-refractivity contribution in [3.05, 3.63) is 42.0 Å². The van der Waals surface area contributed by atoms with Crippen molar-refractivity contribution < 1.29 is 5.11 Å². The summed E-state index contributed by atoms with van der Waals surface area (Å²) < 4.78 is 1.95. The summed E-state index contributed by atoms with van der Waals surface area (Å²) in [6.45, 7) is 3.02. The molecule has 0 amide bonds. The van der Waals surface area contributed by atoms with Gasteiger partial charge in [-0.1, -0.05) is 6.92 Å². The maximum absolute atomic E-state index is 11.2. The Labute approximate surface area is 148 Å². The van der Waals surface area contributed by atoms with Gasteiger partial charge in [-0.2, -0.15) is 0 Å². The van der Waals surface area contributed by atoms with Gasteiger partial charge in [0.2, 0.25) is 0 Å². The van der Waals surface area contributed by atoms with Crippen molar-refractivity contribution in [3.8, 4) is 0 Å². The first kappa shape index (κ1) is 16.7. The molecule has 0 aromatic carbocycles. The van der Waals surface area contributed by atoms with Crippen LogP contribution in [-0.2, 0) is 25.6 Å². The van der Waals surface area contributed by atoms with Crippen molar-refractivity contribution in [2.45, 2.75) is 69.7 Å². The van der Waals surface area contributed by atoms with Crippen LogP contribution in [-0.4, -0.2) is 41.6 Å². The Morgan fingerprint density at radius 2 is 1.84 bits per heavy atom. The zero-order chi connectivity index (χ0) is 17.4. The molecule has 6 heteroatoms. The molecular formula is C19H27N5O. The van der Waals surface area contributed by atoms with E-state index in [2.05, 4.69) is 26.8 Å². The number of aryl methyl sites for hydroxylation is 2. The highest BCUT2D eigenvalue weighted by atomic mass is 16.3. The van der Waals surface area contributed by atoms with Crippen molar-refractivity contribution >= 4 is 0 Å². The second-order valence-corrected chi connectivity index (χ2v) is 7.62. The van der Waals surface area contributed by atoms with Crippen LogP contribution in [0.2, 0.25) is 0 Å². The number of aromatic nitrogens is 4. The molecule has 0 radical (unpaired) electrons. The average molecular weight is 341 g/mol. The van der Waals surface area contributed by atoms with Crippen molar-refractivity contribution in [2.75, 3.05) is 0 Å². The van der Waals surface area contributed by atoms with Gasteiger partial charge < -0.3 is 9.67 Å². The molecule has 0 aliphatic carbocycles. The first-order valence-electron chi connectivity index (χ1n) is 9.35. The van der Waals surface area contributed by atoms with Gasteiger partial charge in [0.15, 0.2) is 0 Å². The smallest absolute Gasteiger partial charge is 0.140 e. The Morgan fingerprint density at radius 1 is 1.16 bits per heavy atom. The zero-order valence-electron chi connectivity index (χ0n) is 15.1. The highest BCUT2D eigenvalue weighted by molar-refractivity contribution is 5.14. The number of rotatable bonds is 5. The molecule has 3 atom stereocenters. The van der Waals surface area contributed by atoms with Crippen LogP contribution in [0.3, 0.4) is 0 Å². The van der Waals surface area contributed by atoms with E-state index in [-0.39, 0.29) is 0 Å². The lowest BCUT2D eigenvalue weighted by Crippen LogP contribution is -2.50. The Balaban J connectivity index is 1.48. The summed E-state index contributed by atoms with van der Waals surface area (Å²) in [6.07, 6.45) is 13.4. The van der Waals surface area contributed by atoms with Gasteiger partial charge in [0, 0.05) is 62.4 Å². The quantitative estimate of drug-likeness (QED) is 0.903. The molecule has 2 fully saturated rings. The van der Waals surface area contributed by atoms with E-state index in [1.807, 2.05) is 30.2 Å². The van der Waals surface area contributed by atoms with Crippen LogP contribution < -0.4 is 0 Å². The van der Waals surface area contributed by atoms with Gasteiger partial charge in [-0.3, -0.25) is 4.90 Å². The number of nitrogens with zero attached hydrogens (tertiary/aromatic N) is 5. The van der Waals surface area contributed by atoms with Crippen LogP contribution in [0, 0.1) is 0 Å². The van der Waals surface area contributed by atoms with Gasteiger partial charge in [0.05, 0.1) is 0 Å².